The lowest BCUT2D eigenvalue weighted by Gasteiger charge is -2.11. The second-order valence-electron chi connectivity index (χ2n) is 8.40. The molecule has 0 radical (unpaired) electrons. The first-order valence-electron chi connectivity index (χ1n) is 11.3. The maximum absolute atomic E-state index is 12.6. The van der Waals surface area contributed by atoms with Gasteiger partial charge in [0.2, 0.25) is 0 Å². The van der Waals surface area contributed by atoms with Gasteiger partial charge in [-0.2, -0.15) is 0 Å². The van der Waals surface area contributed by atoms with E-state index in [4.69, 9.17) is 10.2 Å². The molecule has 0 aliphatic heterocycles. The number of carbonyl (C=O) groups is 4. The van der Waals surface area contributed by atoms with Crippen LogP contribution in [0.2, 0.25) is 0 Å². The minimum absolute atomic E-state index is 0.0105. The average molecular weight is 511 g/mol. The molecule has 4 aromatic carbocycles. The summed E-state index contributed by atoms with van der Waals surface area (Å²) in [7, 11) is 0. The molecule has 0 saturated heterocycles. The zero-order valence-electron chi connectivity index (χ0n) is 19.7. The van der Waals surface area contributed by atoms with Crippen LogP contribution in [0.5, 0.6) is 11.5 Å². The van der Waals surface area contributed by atoms with Crippen molar-refractivity contribution in [2.24, 2.45) is 0 Å². The summed E-state index contributed by atoms with van der Waals surface area (Å²) in [6.07, 6.45) is -0.144. The predicted molar refractivity (Wildman–Crippen MR) is 138 cm³/mol. The standard InChI is InChI=1S/C29H21NO8/c31-24-13-16(7-8-19(24)15-25(32)18-3-1-5-21(11-18)28(35)36)17-9-10-23(26(33)14-17)30-27(34)20-4-2-6-22(12-20)29(37)38/h1-14,31,33H,15H2,(H,30,34)(H,35,36)(H,37,38). The van der Waals surface area contributed by atoms with Gasteiger partial charge in [0.25, 0.3) is 5.91 Å². The molecule has 4 rings (SSSR count). The second-order valence-corrected chi connectivity index (χ2v) is 8.40. The number of carboxylic acid groups (broad SMARTS) is 2. The zero-order valence-corrected chi connectivity index (χ0v) is 19.7. The predicted octanol–water partition coefficient (Wildman–Crippen LogP) is 4.84. The molecule has 4 aromatic rings. The summed E-state index contributed by atoms with van der Waals surface area (Å²) in [4.78, 5) is 47.4. The summed E-state index contributed by atoms with van der Waals surface area (Å²) < 4.78 is 0. The third kappa shape index (κ3) is 5.68. The van der Waals surface area contributed by atoms with Crippen LogP contribution in [0.3, 0.4) is 0 Å². The number of Topliss-reactive ketones (excluding diaryl/α,β-unsaturated/α-hetero) is 1. The molecule has 0 heterocycles. The van der Waals surface area contributed by atoms with Crippen LogP contribution in [-0.4, -0.2) is 44.1 Å². The zero-order chi connectivity index (χ0) is 27.4. The van der Waals surface area contributed by atoms with Crippen LogP contribution in [-0.2, 0) is 6.42 Å². The molecule has 0 fully saturated rings. The Hall–Kier alpha value is -5.44. The largest absolute Gasteiger partial charge is 0.508 e. The number of hydrogen-bond acceptors (Lipinski definition) is 6. The van der Waals surface area contributed by atoms with Crippen molar-refractivity contribution in [2.75, 3.05) is 5.32 Å². The van der Waals surface area contributed by atoms with Gasteiger partial charge in [-0.25, -0.2) is 9.59 Å². The van der Waals surface area contributed by atoms with Crippen LogP contribution in [0, 0.1) is 0 Å². The molecule has 0 saturated carbocycles. The first-order chi connectivity index (χ1) is 18.1. The van der Waals surface area contributed by atoms with Crippen molar-refractivity contribution in [1.82, 2.24) is 0 Å². The lowest BCUT2D eigenvalue weighted by molar-refractivity contribution is 0.0686. The van der Waals surface area contributed by atoms with Gasteiger partial charge >= 0.3 is 11.9 Å². The lowest BCUT2D eigenvalue weighted by atomic mass is 9.97. The van der Waals surface area contributed by atoms with E-state index in [1.54, 1.807) is 18.2 Å². The van der Waals surface area contributed by atoms with Gasteiger partial charge in [-0.15, -0.1) is 0 Å². The summed E-state index contributed by atoms with van der Waals surface area (Å²) in [5.41, 5.74) is 1.78. The number of amides is 1. The van der Waals surface area contributed by atoms with Crippen molar-refractivity contribution in [2.45, 2.75) is 6.42 Å². The molecule has 0 aliphatic carbocycles. The van der Waals surface area contributed by atoms with Gasteiger partial charge in [0.15, 0.2) is 5.78 Å². The van der Waals surface area contributed by atoms with Crippen LogP contribution in [0.15, 0.2) is 84.9 Å². The van der Waals surface area contributed by atoms with Gasteiger partial charge in [-0.05, 0) is 59.7 Å². The molecule has 5 N–H and O–H groups in total. The highest BCUT2D eigenvalue weighted by Crippen LogP contribution is 2.33. The van der Waals surface area contributed by atoms with Crippen molar-refractivity contribution in [3.05, 3.63) is 113 Å². The van der Waals surface area contributed by atoms with Gasteiger partial charge < -0.3 is 25.7 Å². The number of carbonyl (C=O) groups excluding carboxylic acids is 2. The SMILES string of the molecule is O=C(O)c1cccc(C(=O)Cc2ccc(-c3ccc(NC(=O)c4cccc(C(=O)O)c4)c(O)c3)cc2O)c1. The highest BCUT2D eigenvalue weighted by Gasteiger charge is 2.15. The lowest BCUT2D eigenvalue weighted by Crippen LogP contribution is -2.13. The number of anilines is 1. The van der Waals surface area contributed by atoms with Crippen molar-refractivity contribution in [3.8, 4) is 22.6 Å². The number of aromatic hydroxyl groups is 2. The van der Waals surface area contributed by atoms with E-state index in [1.165, 1.54) is 66.7 Å². The summed E-state index contributed by atoms with van der Waals surface area (Å²) in [5.74, 6) is -3.67. The first kappa shape index (κ1) is 25.6. The fourth-order valence-electron chi connectivity index (χ4n) is 3.80. The molecule has 0 atom stereocenters. The highest BCUT2D eigenvalue weighted by molar-refractivity contribution is 6.06. The normalized spacial score (nSPS) is 10.5. The van der Waals surface area contributed by atoms with E-state index < -0.39 is 17.8 Å². The van der Waals surface area contributed by atoms with E-state index in [9.17, 15) is 29.4 Å². The van der Waals surface area contributed by atoms with E-state index in [-0.39, 0.29) is 51.6 Å². The van der Waals surface area contributed by atoms with Crippen molar-refractivity contribution < 1.29 is 39.6 Å². The number of carboxylic acids is 2. The van der Waals surface area contributed by atoms with Gasteiger partial charge in [0.1, 0.15) is 11.5 Å². The van der Waals surface area contributed by atoms with E-state index in [0.29, 0.717) is 16.7 Å². The molecule has 0 unspecified atom stereocenters. The third-order valence-corrected chi connectivity index (χ3v) is 5.82. The fraction of sp³-hybridized carbons (Fsp3) is 0.0345. The second kappa shape index (κ2) is 10.7. The molecule has 38 heavy (non-hydrogen) atoms. The Bertz CT molecular complexity index is 1470. The van der Waals surface area contributed by atoms with Gasteiger partial charge in [-0.3, -0.25) is 9.59 Å². The van der Waals surface area contributed by atoms with E-state index in [2.05, 4.69) is 5.32 Å². The Morgan fingerprint density at radius 1 is 0.605 bits per heavy atom. The van der Waals surface area contributed by atoms with Crippen molar-refractivity contribution >= 4 is 29.3 Å². The molecule has 9 heteroatoms. The van der Waals surface area contributed by atoms with Crippen LogP contribution in [0.25, 0.3) is 11.1 Å². The fourth-order valence-corrected chi connectivity index (χ4v) is 3.80. The Kier molecular flexibility index (Phi) is 7.20. The molecule has 0 aromatic heterocycles. The summed E-state index contributed by atoms with van der Waals surface area (Å²) in [6, 6.07) is 20.2. The topological polar surface area (TPSA) is 161 Å². The number of phenolic OH excluding ortho intramolecular Hbond substituents is 2. The van der Waals surface area contributed by atoms with Crippen molar-refractivity contribution in [3.63, 3.8) is 0 Å². The maximum atomic E-state index is 12.6. The minimum Gasteiger partial charge on any atom is -0.508 e. The average Bonchev–Trinajstić information content (AvgIpc) is 2.91. The van der Waals surface area contributed by atoms with Gasteiger partial charge in [-0.1, -0.05) is 36.4 Å². The Labute approximate surface area is 216 Å². The third-order valence-electron chi connectivity index (χ3n) is 5.82. The molecule has 190 valence electrons. The van der Waals surface area contributed by atoms with E-state index in [1.807, 2.05) is 0 Å². The van der Waals surface area contributed by atoms with Crippen LogP contribution in [0.1, 0.15) is 47.0 Å². The molecule has 0 aliphatic rings. The van der Waals surface area contributed by atoms with Crippen LogP contribution < -0.4 is 5.32 Å². The van der Waals surface area contributed by atoms with Gasteiger partial charge in [0.05, 0.1) is 16.8 Å². The quantitative estimate of drug-likeness (QED) is 0.166. The Morgan fingerprint density at radius 3 is 1.71 bits per heavy atom. The number of ketones is 1. The smallest absolute Gasteiger partial charge is 0.335 e. The van der Waals surface area contributed by atoms with Gasteiger partial charge in [0, 0.05) is 23.1 Å². The monoisotopic (exact) mass is 511 g/mol. The number of benzene rings is 4. The molecule has 0 spiro atoms. The highest BCUT2D eigenvalue weighted by atomic mass is 16.4. The number of hydrogen-bond donors (Lipinski definition) is 5. The minimum atomic E-state index is -1.17. The summed E-state index contributed by atoms with van der Waals surface area (Å²) in [6.45, 7) is 0. The van der Waals surface area contributed by atoms with E-state index >= 15 is 0 Å². The molecular formula is C29H21NO8. The Morgan fingerprint density at radius 2 is 1.13 bits per heavy atom. The molecule has 9 nitrogen and oxygen atoms in total. The number of rotatable bonds is 8. The molecular weight excluding hydrogens is 490 g/mol. The molecule has 1 amide bonds. The van der Waals surface area contributed by atoms with Crippen molar-refractivity contribution in [1.29, 1.82) is 0 Å². The van der Waals surface area contributed by atoms with Crippen LogP contribution >= 0.6 is 0 Å². The summed E-state index contributed by atoms with van der Waals surface area (Å²) in [5, 5.41) is 41.7. The maximum Gasteiger partial charge on any atom is 0.335 e. The Balaban J connectivity index is 1.49. The number of phenols is 2. The number of nitrogens with one attached hydrogen (secondary N) is 1. The molecule has 0 bridgehead atoms. The summed E-state index contributed by atoms with van der Waals surface area (Å²) >= 11 is 0. The first-order valence-corrected chi connectivity index (χ1v) is 11.3. The van der Waals surface area contributed by atoms with Crippen LogP contribution in [0.4, 0.5) is 5.69 Å². The van der Waals surface area contributed by atoms with E-state index in [0.717, 1.165) is 0 Å². The number of aromatic carboxylic acids is 2.